The van der Waals surface area contributed by atoms with Gasteiger partial charge < -0.3 is 9.64 Å². The Labute approximate surface area is 151 Å². The molecule has 1 aromatic rings. The number of fused-ring (bicyclic) bond motifs is 1. The van der Waals surface area contributed by atoms with E-state index in [0.29, 0.717) is 24.7 Å². The number of hydrogen-bond acceptors (Lipinski definition) is 5. The number of carbonyl (C=O) groups excluding carboxylic acids is 1. The van der Waals surface area contributed by atoms with E-state index in [1.165, 1.54) is 11.8 Å². The van der Waals surface area contributed by atoms with Crippen molar-refractivity contribution in [3.8, 4) is 0 Å². The average molecular weight is 380 g/mol. The third-order valence-electron chi connectivity index (χ3n) is 4.78. The number of carbonyl (C=O) groups is 1. The maximum Gasteiger partial charge on any atom is 0.277 e. The van der Waals surface area contributed by atoms with Crippen molar-refractivity contribution in [2.45, 2.75) is 36.8 Å². The number of rotatable bonds is 3. The minimum atomic E-state index is -3.03. The predicted octanol–water partition coefficient (Wildman–Crippen LogP) is 1.46. The summed E-state index contributed by atoms with van der Waals surface area (Å²) in [5, 5.41) is 0.582. The Kier molecular flexibility index (Phi) is 4.59. The van der Waals surface area contributed by atoms with Crippen molar-refractivity contribution >= 4 is 32.7 Å². The van der Waals surface area contributed by atoms with Crippen molar-refractivity contribution in [3.63, 3.8) is 0 Å². The molecule has 1 aromatic carbocycles. The van der Waals surface area contributed by atoms with Crippen molar-refractivity contribution < 1.29 is 17.9 Å². The second kappa shape index (κ2) is 6.74. The minimum absolute atomic E-state index is 0.0511. The molecule has 4 rings (SSSR count). The molecule has 3 saturated heterocycles. The standard InChI is InChI=1S/C17H20N2O4S2/c20-16(14-7-4-8-23-14)18-17-19(9-12-5-2-1-3-6-12)13-10-25(21,22)11-15(13)24-17/h1-3,5-6,13-15H,4,7-11H2/t13-,14-,15+/m0/s1. The molecule has 6 nitrogen and oxygen atoms in total. The number of ether oxygens (including phenoxy) is 1. The third-order valence-corrected chi connectivity index (χ3v) is 8.03. The molecule has 3 aliphatic rings. The number of nitrogens with zero attached hydrogens (tertiary/aromatic N) is 2. The molecule has 3 atom stereocenters. The molecule has 0 bridgehead atoms. The van der Waals surface area contributed by atoms with Gasteiger partial charge in [-0.15, -0.1) is 0 Å². The zero-order valence-electron chi connectivity index (χ0n) is 13.7. The summed E-state index contributed by atoms with van der Waals surface area (Å²) in [4.78, 5) is 18.7. The molecular weight excluding hydrogens is 360 g/mol. The van der Waals surface area contributed by atoms with Gasteiger partial charge in [0, 0.05) is 18.4 Å². The van der Waals surface area contributed by atoms with Gasteiger partial charge in [-0.25, -0.2) is 8.42 Å². The molecule has 0 spiro atoms. The Morgan fingerprint density at radius 1 is 1.28 bits per heavy atom. The van der Waals surface area contributed by atoms with Crippen LogP contribution in [0, 0.1) is 0 Å². The lowest BCUT2D eigenvalue weighted by Gasteiger charge is -2.24. The maximum absolute atomic E-state index is 12.4. The van der Waals surface area contributed by atoms with Crippen molar-refractivity contribution in [3.05, 3.63) is 35.9 Å². The van der Waals surface area contributed by atoms with Gasteiger partial charge in [0.2, 0.25) is 0 Å². The number of benzene rings is 1. The van der Waals surface area contributed by atoms with Crippen molar-refractivity contribution in [1.29, 1.82) is 0 Å². The smallest absolute Gasteiger partial charge is 0.277 e. The van der Waals surface area contributed by atoms with Crippen LogP contribution in [0.5, 0.6) is 0 Å². The molecule has 1 amide bonds. The molecule has 0 radical (unpaired) electrons. The predicted molar refractivity (Wildman–Crippen MR) is 97.2 cm³/mol. The fourth-order valence-corrected chi connectivity index (χ4v) is 7.50. The van der Waals surface area contributed by atoms with Crippen LogP contribution in [0.3, 0.4) is 0 Å². The third kappa shape index (κ3) is 3.61. The molecule has 0 aliphatic carbocycles. The molecule has 0 aromatic heterocycles. The van der Waals surface area contributed by atoms with Crippen LogP contribution < -0.4 is 0 Å². The summed E-state index contributed by atoms with van der Waals surface area (Å²) in [6, 6.07) is 9.74. The fourth-order valence-electron chi connectivity index (χ4n) is 3.54. The molecular formula is C17H20N2O4S2. The van der Waals surface area contributed by atoms with Gasteiger partial charge in [0.1, 0.15) is 6.10 Å². The van der Waals surface area contributed by atoms with Crippen LogP contribution in [0.4, 0.5) is 0 Å². The second-order valence-corrected chi connectivity index (χ2v) is 10.0. The Morgan fingerprint density at radius 3 is 2.80 bits per heavy atom. The van der Waals surface area contributed by atoms with Gasteiger partial charge in [-0.05, 0) is 18.4 Å². The molecule has 3 aliphatic heterocycles. The first-order valence-corrected chi connectivity index (χ1v) is 11.1. The van der Waals surface area contributed by atoms with Crippen LogP contribution in [0.25, 0.3) is 0 Å². The van der Waals surface area contributed by atoms with E-state index in [-0.39, 0.29) is 28.7 Å². The van der Waals surface area contributed by atoms with Gasteiger partial charge in [0.15, 0.2) is 15.0 Å². The second-order valence-electron chi connectivity index (χ2n) is 6.65. The summed E-state index contributed by atoms with van der Waals surface area (Å²) < 4.78 is 29.5. The maximum atomic E-state index is 12.4. The quantitative estimate of drug-likeness (QED) is 0.790. The Balaban J connectivity index is 1.60. The number of amides is 1. The summed E-state index contributed by atoms with van der Waals surface area (Å²) in [7, 11) is -3.03. The normalized spacial score (nSPS) is 32.2. The van der Waals surface area contributed by atoms with E-state index in [2.05, 4.69) is 4.99 Å². The Hall–Kier alpha value is -1.38. The van der Waals surface area contributed by atoms with Gasteiger partial charge in [0.25, 0.3) is 5.91 Å². The first-order chi connectivity index (χ1) is 12.0. The summed E-state index contributed by atoms with van der Waals surface area (Å²) in [6.45, 7) is 1.16. The summed E-state index contributed by atoms with van der Waals surface area (Å²) in [5.41, 5.74) is 1.07. The first-order valence-electron chi connectivity index (χ1n) is 8.44. The van der Waals surface area contributed by atoms with Gasteiger partial charge >= 0.3 is 0 Å². The van der Waals surface area contributed by atoms with E-state index in [9.17, 15) is 13.2 Å². The summed E-state index contributed by atoms with van der Waals surface area (Å²) in [5.74, 6) is 0.0340. The minimum Gasteiger partial charge on any atom is -0.368 e. The number of sulfone groups is 1. The molecule has 0 unspecified atom stereocenters. The lowest BCUT2D eigenvalue weighted by atomic mass is 10.1. The molecule has 25 heavy (non-hydrogen) atoms. The monoisotopic (exact) mass is 380 g/mol. The molecule has 0 N–H and O–H groups in total. The molecule has 8 heteroatoms. The first kappa shape index (κ1) is 17.1. The van der Waals surface area contributed by atoms with E-state index in [1.807, 2.05) is 35.2 Å². The van der Waals surface area contributed by atoms with Crippen LogP contribution in [-0.4, -0.2) is 59.9 Å². The molecule has 3 fully saturated rings. The highest BCUT2D eigenvalue weighted by atomic mass is 32.2. The highest BCUT2D eigenvalue weighted by molar-refractivity contribution is 8.15. The molecule has 0 saturated carbocycles. The van der Waals surface area contributed by atoms with Crippen LogP contribution in [0.15, 0.2) is 35.3 Å². The zero-order valence-corrected chi connectivity index (χ0v) is 15.3. The molecule has 134 valence electrons. The average Bonchev–Trinajstić information content (AvgIpc) is 3.26. The van der Waals surface area contributed by atoms with E-state index >= 15 is 0 Å². The highest BCUT2D eigenvalue weighted by Crippen LogP contribution is 2.39. The summed E-state index contributed by atoms with van der Waals surface area (Å²) in [6.07, 6.45) is 1.14. The van der Waals surface area contributed by atoms with Crippen molar-refractivity contribution in [2.24, 2.45) is 4.99 Å². The Bertz CT molecular complexity index is 788. The number of aliphatic imine (C=N–C) groups is 1. The van der Waals surface area contributed by atoms with Crippen LogP contribution >= 0.6 is 11.8 Å². The lowest BCUT2D eigenvalue weighted by molar-refractivity contribution is -0.126. The van der Waals surface area contributed by atoms with Gasteiger partial charge in [-0.1, -0.05) is 42.1 Å². The van der Waals surface area contributed by atoms with Gasteiger partial charge in [-0.2, -0.15) is 4.99 Å². The number of hydrogen-bond donors (Lipinski definition) is 0. The van der Waals surface area contributed by atoms with Crippen LogP contribution in [-0.2, 0) is 25.9 Å². The van der Waals surface area contributed by atoms with E-state index in [1.54, 1.807) is 0 Å². The van der Waals surface area contributed by atoms with Gasteiger partial charge in [0.05, 0.1) is 17.5 Å². The van der Waals surface area contributed by atoms with Crippen molar-refractivity contribution in [1.82, 2.24) is 4.90 Å². The fraction of sp³-hybridized carbons (Fsp3) is 0.529. The number of amidine groups is 1. The summed E-state index contributed by atoms with van der Waals surface area (Å²) >= 11 is 1.42. The zero-order chi connectivity index (χ0) is 17.4. The largest absolute Gasteiger partial charge is 0.368 e. The highest BCUT2D eigenvalue weighted by Gasteiger charge is 2.48. The van der Waals surface area contributed by atoms with E-state index in [0.717, 1.165) is 12.0 Å². The van der Waals surface area contributed by atoms with Crippen LogP contribution in [0.2, 0.25) is 0 Å². The van der Waals surface area contributed by atoms with E-state index < -0.39 is 15.9 Å². The lowest BCUT2D eigenvalue weighted by Crippen LogP contribution is -2.37. The molecule has 3 heterocycles. The van der Waals surface area contributed by atoms with Crippen LogP contribution in [0.1, 0.15) is 18.4 Å². The van der Waals surface area contributed by atoms with Gasteiger partial charge in [-0.3, -0.25) is 4.79 Å². The topological polar surface area (TPSA) is 76.0 Å². The van der Waals surface area contributed by atoms with Crippen molar-refractivity contribution in [2.75, 3.05) is 18.1 Å². The van der Waals surface area contributed by atoms with E-state index in [4.69, 9.17) is 4.74 Å². The SMILES string of the molecule is O=C(N=C1S[C@@H]2CS(=O)(=O)C[C@@H]2N1Cc1ccccc1)[C@@H]1CCCO1. The Morgan fingerprint density at radius 2 is 2.08 bits per heavy atom. The number of thioether (sulfide) groups is 1.